The third-order valence-electron chi connectivity index (χ3n) is 3.74. The molecule has 112 valence electrons. The van der Waals surface area contributed by atoms with Gasteiger partial charge in [-0.3, -0.25) is 0 Å². The molecule has 20 heavy (non-hydrogen) atoms. The van der Waals surface area contributed by atoms with Gasteiger partial charge in [0.2, 0.25) is 10.0 Å². The van der Waals surface area contributed by atoms with Gasteiger partial charge in [0, 0.05) is 19.6 Å². The summed E-state index contributed by atoms with van der Waals surface area (Å²) in [5.74, 6) is 0.448. The van der Waals surface area contributed by atoms with Gasteiger partial charge in [0.25, 0.3) is 0 Å². The Hall–Kier alpha value is -0.910. The van der Waals surface area contributed by atoms with Crippen LogP contribution in [0.15, 0.2) is 29.2 Å². The number of benzene rings is 1. The highest BCUT2D eigenvalue weighted by Crippen LogP contribution is 2.23. The molecule has 4 nitrogen and oxygen atoms in total. The summed E-state index contributed by atoms with van der Waals surface area (Å²) in [6.45, 7) is 7.01. The van der Waals surface area contributed by atoms with Crippen molar-refractivity contribution in [1.29, 1.82) is 0 Å². The van der Waals surface area contributed by atoms with Gasteiger partial charge in [-0.05, 0) is 43.0 Å². The highest BCUT2D eigenvalue weighted by Gasteiger charge is 2.28. The van der Waals surface area contributed by atoms with Gasteiger partial charge in [0.15, 0.2) is 0 Å². The van der Waals surface area contributed by atoms with Crippen molar-refractivity contribution in [2.24, 2.45) is 5.92 Å². The fourth-order valence-corrected chi connectivity index (χ4v) is 4.27. The Morgan fingerprint density at radius 2 is 2.20 bits per heavy atom. The first-order chi connectivity index (χ1) is 9.54. The standard InChI is InChI=1S/C15H24N2O2S/c1-3-16-11-14-7-4-8-15(10-14)20(18,19)17-9-5-6-13(2)12-17/h4,7-8,10,13,16H,3,5-6,9,11-12H2,1-2H3. The van der Waals surface area contributed by atoms with Crippen LogP contribution in [0.1, 0.15) is 32.3 Å². The molecule has 0 saturated carbocycles. The first-order valence-corrected chi connectivity index (χ1v) is 8.78. The zero-order valence-corrected chi connectivity index (χ0v) is 13.1. The Bertz CT molecular complexity index is 543. The van der Waals surface area contributed by atoms with Gasteiger partial charge >= 0.3 is 0 Å². The summed E-state index contributed by atoms with van der Waals surface area (Å²) < 4.78 is 27.0. The number of hydrogen-bond donors (Lipinski definition) is 1. The van der Waals surface area contributed by atoms with Gasteiger partial charge in [-0.15, -0.1) is 0 Å². The van der Waals surface area contributed by atoms with E-state index < -0.39 is 10.0 Å². The van der Waals surface area contributed by atoms with Crippen LogP contribution in [-0.2, 0) is 16.6 Å². The molecule has 0 spiro atoms. The summed E-state index contributed by atoms with van der Waals surface area (Å²) in [4.78, 5) is 0.419. The normalized spacial score (nSPS) is 21.0. The molecule has 1 saturated heterocycles. The lowest BCUT2D eigenvalue weighted by atomic mass is 10.0. The maximum Gasteiger partial charge on any atom is 0.243 e. The van der Waals surface area contributed by atoms with Gasteiger partial charge in [-0.1, -0.05) is 26.0 Å². The predicted octanol–water partition coefficient (Wildman–Crippen LogP) is 2.22. The van der Waals surface area contributed by atoms with E-state index in [1.807, 2.05) is 19.1 Å². The quantitative estimate of drug-likeness (QED) is 0.906. The molecule has 0 radical (unpaired) electrons. The summed E-state index contributed by atoms with van der Waals surface area (Å²) in [5, 5.41) is 3.22. The summed E-state index contributed by atoms with van der Waals surface area (Å²) in [6, 6.07) is 7.27. The fourth-order valence-electron chi connectivity index (χ4n) is 2.60. The molecule has 0 aromatic heterocycles. The van der Waals surface area contributed by atoms with Crippen molar-refractivity contribution in [3.8, 4) is 0 Å². The second-order valence-corrected chi connectivity index (χ2v) is 7.48. The van der Waals surface area contributed by atoms with Crippen LogP contribution in [0.2, 0.25) is 0 Å². The molecule has 1 aliphatic heterocycles. The number of nitrogens with one attached hydrogen (secondary N) is 1. The Balaban J connectivity index is 2.20. The first-order valence-electron chi connectivity index (χ1n) is 7.34. The molecule has 5 heteroatoms. The summed E-state index contributed by atoms with van der Waals surface area (Å²) in [5.41, 5.74) is 1.01. The molecule has 1 aliphatic rings. The van der Waals surface area contributed by atoms with Crippen molar-refractivity contribution in [3.63, 3.8) is 0 Å². The summed E-state index contributed by atoms with van der Waals surface area (Å²) >= 11 is 0. The maximum atomic E-state index is 12.7. The molecule has 1 fully saturated rings. The Kier molecular flexibility index (Phi) is 5.18. The zero-order valence-electron chi connectivity index (χ0n) is 12.3. The van der Waals surface area contributed by atoms with Gasteiger partial charge in [0.1, 0.15) is 0 Å². The SMILES string of the molecule is CCNCc1cccc(S(=O)(=O)N2CCCC(C)C2)c1. The lowest BCUT2D eigenvalue weighted by molar-refractivity contribution is 0.281. The fraction of sp³-hybridized carbons (Fsp3) is 0.600. The van der Waals surface area contributed by atoms with E-state index >= 15 is 0 Å². The Morgan fingerprint density at radius 3 is 2.90 bits per heavy atom. The second kappa shape index (κ2) is 6.70. The van der Waals surface area contributed by atoms with Gasteiger partial charge in [0.05, 0.1) is 4.90 Å². The summed E-state index contributed by atoms with van der Waals surface area (Å²) in [7, 11) is -3.34. The molecule has 1 N–H and O–H groups in total. The molecule has 0 bridgehead atoms. The molecule has 0 amide bonds. The van der Waals surface area contributed by atoms with Gasteiger partial charge in [-0.2, -0.15) is 4.31 Å². The number of nitrogens with zero attached hydrogens (tertiary/aromatic N) is 1. The summed E-state index contributed by atoms with van der Waals surface area (Å²) in [6.07, 6.45) is 2.07. The van der Waals surface area contributed by atoms with Gasteiger partial charge in [-0.25, -0.2) is 8.42 Å². The van der Waals surface area contributed by atoms with Crippen LogP contribution in [0.4, 0.5) is 0 Å². The lowest BCUT2D eigenvalue weighted by Gasteiger charge is -2.30. The number of hydrogen-bond acceptors (Lipinski definition) is 3. The maximum absolute atomic E-state index is 12.7. The smallest absolute Gasteiger partial charge is 0.243 e. The van der Waals surface area contributed by atoms with E-state index in [0.717, 1.165) is 24.9 Å². The van der Waals surface area contributed by atoms with Crippen LogP contribution < -0.4 is 5.32 Å². The van der Waals surface area contributed by atoms with Crippen molar-refractivity contribution in [3.05, 3.63) is 29.8 Å². The number of rotatable bonds is 5. The minimum Gasteiger partial charge on any atom is -0.313 e. The van der Waals surface area contributed by atoms with E-state index in [0.29, 0.717) is 30.4 Å². The topological polar surface area (TPSA) is 49.4 Å². The third kappa shape index (κ3) is 3.59. The van der Waals surface area contributed by atoms with Crippen molar-refractivity contribution < 1.29 is 8.42 Å². The molecule has 1 heterocycles. The third-order valence-corrected chi connectivity index (χ3v) is 5.60. The molecular weight excluding hydrogens is 272 g/mol. The van der Waals surface area contributed by atoms with E-state index in [1.54, 1.807) is 16.4 Å². The molecular formula is C15H24N2O2S. The van der Waals surface area contributed by atoms with Crippen LogP contribution in [0.5, 0.6) is 0 Å². The molecule has 1 aromatic carbocycles. The van der Waals surface area contributed by atoms with Crippen molar-refractivity contribution in [2.75, 3.05) is 19.6 Å². The lowest BCUT2D eigenvalue weighted by Crippen LogP contribution is -2.39. The van der Waals surface area contributed by atoms with Crippen LogP contribution in [0.25, 0.3) is 0 Å². The van der Waals surface area contributed by atoms with Crippen LogP contribution in [-0.4, -0.2) is 32.4 Å². The monoisotopic (exact) mass is 296 g/mol. The number of piperidine rings is 1. The second-order valence-electron chi connectivity index (χ2n) is 5.54. The zero-order chi connectivity index (χ0) is 14.6. The molecule has 0 aliphatic carbocycles. The largest absolute Gasteiger partial charge is 0.313 e. The molecule has 1 atom stereocenters. The highest BCUT2D eigenvalue weighted by molar-refractivity contribution is 7.89. The molecule has 1 unspecified atom stereocenters. The van der Waals surface area contributed by atoms with E-state index in [-0.39, 0.29) is 0 Å². The van der Waals surface area contributed by atoms with E-state index in [2.05, 4.69) is 12.2 Å². The van der Waals surface area contributed by atoms with Crippen LogP contribution in [0, 0.1) is 5.92 Å². The highest BCUT2D eigenvalue weighted by atomic mass is 32.2. The predicted molar refractivity (Wildman–Crippen MR) is 81.0 cm³/mol. The Labute approximate surface area is 122 Å². The van der Waals surface area contributed by atoms with E-state index in [4.69, 9.17) is 0 Å². The van der Waals surface area contributed by atoms with Crippen LogP contribution in [0.3, 0.4) is 0 Å². The minimum absolute atomic E-state index is 0.419. The number of sulfonamides is 1. The average Bonchev–Trinajstić information content (AvgIpc) is 2.45. The average molecular weight is 296 g/mol. The van der Waals surface area contributed by atoms with Crippen molar-refractivity contribution in [2.45, 2.75) is 38.1 Å². The minimum atomic E-state index is -3.34. The Morgan fingerprint density at radius 1 is 1.40 bits per heavy atom. The van der Waals surface area contributed by atoms with Crippen LogP contribution >= 0.6 is 0 Å². The van der Waals surface area contributed by atoms with Crippen molar-refractivity contribution >= 4 is 10.0 Å². The van der Waals surface area contributed by atoms with E-state index in [1.165, 1.54) is 0 Å². The van der Waals surface area contributed by atoms with E-state index in [9.17, 15) is 8.42 Å². The molecule has 1 aromatic rings. The van der Waals surface area contributed by atoms with Gasteiger partial charge < -0.3 is 5.32 Å². The first kappa shape index (κ1) is 15.5. The van der Waals surface area contributed by atoms with Crippen molar-refractivity contribution in [1.82, 2.24) is 9.62 Å². The molecule has 2 rings (SSSR count).